The summed E-state index contributed by atoms with van der Waals surface area (Å²) >= 11 is 0. The highest BCUT2D eigenvalue weighted by molar-refractivity contribution is 7.93. The lowest BCUT2D eigenvalue weighted by molar-refractivity contribution is 0.341. The summed E-state index contributed by atoms with van der Waals surface area (Å²) in [6.07, 6.45) is 0. The molecule has 1 aliphatic rings. The minimum atomic E-state index is -4.86. The smallest absolute Gasteiger partial charge is 0.282 e. The van der Waals surface area contributed by atoms with Gasteiger partial charge in [-0.15, -0.1) is 0 Å². The van der Waals surface area contributed by atoms with Crippen molar-refractivity contribution in [3.8, 4) is 0 Å². The molecule has 1 aromatic carbocycles. The number of rotatable bonds is 2. The van der Waals surface area contributed by atoms with Gasteiger partial charge in [-0.05, 0) is 12.1 Å². The molecule has 13 heteroatoms. The lowest BCUT2D eigenvalue weighted by atomic mass is 10.3. The van der Waals surface area contributed by atoms with E-state index in [1.54, 1.807) is 0 Å². The zero-order valence-corrected chi connectivity index (χ0v) is 13.4. The molecule has 10 nitrogen and oxygen atoms in total. The van der Waals surface area contributed by atoms with Crippen LogP contribution < -0.4 is 0 Å². The Hall–Kier alpha value is -1.41. The summed E-state index contributed by atoms with van der Waals surface area (Å²) in [5.41, 5.74) is -0.496. The number of benzene rings is 1. The van der Waals surface area contributed by atoms with E-state index < -0.39 is 62.8 Å². The van der Waals surface area contributed by atoms with E-state index in [0.717, 1.165) is 6.07 Å². The molecule has 0 saturated heterocycles. The Morgan fingerprint density at radius 2 is 1.82 bits per heavy atom. The highest BCUT2D eigenvalue weighted by atomic mass is 32.2. The van der Waals surface area contributed by atoms with Crippen molar-refractivity contribution in [2.45, 2.75) is 14.7 Å². The van der Waals surface area contributed by atoms with E-state index in [4.69, 9.17) is 4.55 Å². The van der Waals surface area contributed by atoms with Crippen molar-refractivity contribution in [1.29, 1.82) is 0 Å². The molecule has 0 atom stereocenters. The fourth-order valence-corrected chi connectivity index (χ4v) is 5.46. The molecule has 1 N–H and O–H groups in total. The van der Waals surface area contributed by atoms with Crippen LogP contribution in [0.25, 0.3) is 0 Å². The van der Waals surface area contributed by atoms with Gasteiger partial charge in [0.05, 0.1) is 17.3 Å². The molecule has 0 saturated carbocycles. The third kappa shape index (κ3) is 3.03. The van der Waals surface area contributed by atoms with Gasteiger partial charge in [-0.25, -0.2) is 8.42 Å². The van der Waals surface area contributed by atoms with Crippen molar-refractivity contribution in [2.75, 3.05) is 19.4 Å². The average Bonchev–Trinajstić information content (AvgIpc) is 2.44. The zero-order valence-electron chi connectivity index (χ0n) is 11.0. The SMILES string of the molecule is CN=Nc1cc2c(cc1S(=O)(=O)O)S(=O)(=O)OCCS2(=O)=O. The number of azo groups is 1. The van der Waals surface area contributed by atoms with Crippen LogP contribution in [0.5, 0.6) is 0 Å². The lowest BCUT2D eigenvalue weighted by Crippen LogP contribution is -2.10. The van der Waals surface area contributed by atoms with Crippen LogP contribution in [-0.4, -0.2) is 49.2 Å². The first kappa shape index (κ1) is 17.0. The summed E-state index contributed by atoms with van der Waals surface area (Å²) in [7, 11) is -12.2. The predicted octanol–water partition coefficient (Wildman–Crippen LogP) is 0.139. The molecule has 0 bridgehead atoms. The van der Waals surface area contributed by atoms with Crippen molar-refractivity contribution in [3.63, 3.8) is 0 Å². The standard InChI is InChI=1S/C9H10N2O8S3/c1-10-11-6-4-8-9(5-7(6)21(14,15)16)22(17,18)19-2-3-20(8,12)13/h4-5H,2-3H2,1H3,(H,14,15,16). The normalized spacial score (nSPS) is 20.5. The second-order valence-corrected chi connectivity index (χ2v) is 9.19. The maximum absolute atomic E-state index is 12.1. The molecule has 22 heavy (non-hydrogen) atoms. The van der Waals surface area contributed by atoms with Crippen LogP contribution >= 0.6 is 0 Å². The van der Waals surface area contributed by atoms with Crippen molar-refractivity contribution in [1.82, 2.24) is 0 Å². The molecular weight excluding hydrogens is 360 g/mol. The molecule has 0 unspecified atom stereocenters. The van der Waals surface area contributed by atoms with Crippen molar-refractivity contribution < 1.29 is 34.0 Å². The van der Waals surface area contributed by atoms with Crippen LogP contribution in [-0.2, 0) is 34.3 Å². The van der Waals surface area contributed by atoms with Crippen molar-refractivity contribution >= 4 is 35.8 Å². The highest BCUT2D eigenvalue weighted by Crippen LogP contribution is 2.35. The first-order valence-electron chi connectivity index (χ1n) is 5.56. The number of sulfone groups is 1. The van der Waals surface area contributed by atoms with E-state index >= 15 is 0 Å². The fourth-order valence-electron chi connectivity index (χ4n) is 1.79. The van der Waals surface area contributed by atoms with Crippen LogP contribution in [0.3, 0.4) is 0 Å². The molecule has 0 aliphatic carbocycles. The number of fused-ring (bicyclic) bond motifs is 1. The summed E-state index contributed by atoms with van der Waals surface area (Å²) in [6, 6.07) is 1.22. The van der Waals surface area contributed by atoms with Crippen LogP contribution in [0.4, 0.5) is 5.69 Å². The van der Waals surface area contributed by atoms with E-state index in [-0.39, 0.29) is 0 Å². The molecule has 0 spiro atoms. The average molecular weight is 370 g/mol. The second kappa shape index (κ2) is 5.34. The maximum Gasteiger partial charge on any atom is 0.298 e. The van der Waals surface area contributed by atoms with Gasteiger partial charge in [0.2, 0.25) is 0 Å². The Morgan fingerprint density at radius 3 is 2.36 bits per heavy atom. The highest BCUT2D eigenvalue weighted by Gasteiger charge is 2.34. The van der Waals surface area contributed by atoms with Crippen LogP contribution in [0.1, 0.15) is 0 Å². The molecule has 0 radical (unpaired) electrons. The van der Waals surface area contributed by atoms with E-state index in [1.165, 1.54) is 7.05 Å². The molecule has 0 aromatic heterocycles. The third-order valence-corrected chi connectivity index (χ3v) is 6.78. The summed E-state index contributed by atoms with van der Waals surface area (Å²) < 4.78 is 84.3. The molecule has 1 aliphatic heterocycles. The van der Waals surface area contributed by atoms with E-state index in [9.17, 15) is 25.3 Å². The fraction of sp³-hybridized carbons (Fsp3) is 0.333. The van der Waals surface area contributed by atoms with Crippen LogP contribution in [0, 0.1) is 0 Å². The monoisotopic (exact) mass is 370 g/mol. The summed E-state index contributed by atoms with van der Waals surface area (Å²) in [5.74, 6) is -0.604. The maximum atomic E-state index is 12.1. The number of hydrogen-bond donors (Lipinski definition) is 1. The Balaban J connectivity index is 3.00. The van der Waals surface area contributed by atoms with Gasteiger partial charge in [0, 0.05) is 7.05 Å². The van der Waals surface area contributed by atoms with Gasteiger partial charge in [0.1, 0.15) is 15.5 Å². The summed E-state index contributed by atoms with van der Waals surface area (Å²) in [4.78, 5) is -2.41. The Labute approximate surface area is 126 Å². The minimum Gasteiger partial charge on any atom is -0.282 e. The second-order valence-electron chi connectivity index (χ2n) is 4.14. The van der Waals surface area contributed by atoms with Crippen LogP contribution in [0.2, 0.25) is 0 Å². The van der Waals surface area contributed by atoms with E-state index in [1.807, 2.05) is 0 Å². The Bertz CT molecular complexity index is 960. The number of hydrogen-bond acceptors (Lipinski definition) is 9. The predicted molar refractivity (Wildman–Crippen MR) is 71.9 cm³/mol. The van der Waals surface area contributed by atoms with Gasteiger partial charge in [0.15, 0.2) is 9.84 Å². The van der Waals surface area contributed by atoms with Crippen LogP contribution in [0.15, 0.2) is 37.0 Å². The molecule has 0 amide bonds. The topological polar surface area (TPSA) is 157 Å². The van der Waals surface area contributed by atoms with Crippen molar-refractivity contribution in [2.24, 2.45) is 10.2 Å². The Kier molecular flexibility index (Phi) is 4.12. The molecule has 122 valence electrons. The molecule has 0 fully saturated rings. The zero-order chi connectivity index (χ0) is 16.8. The molecule has 1 aromatic rings. The first-order valence-corrected chi connectivity index (χ1v) is 10.1. The molecule has 1 heterocycles. The molecule has 2 rings (SSSR count). The first-order chi connectivity index (χ1) is 9.99. The largest absolute Gasteiger partial charge is 0.298 e. The van der Waals surface area contributed by atoms with Gasteiger partial charge in [-0.3, -0.25) is 8.74 Å². The van der Waals surface area contributed by atoms with Crippen molar-refractivity contribution in [3.05, 3.63) is 12.1 Å². The van der Waals surface area contributed by atoms with Gasteiger partial charge >= 0.3 is 0 Å². The minimum absolute atomic E-state index is 0.493. The van der Waals surface area contributed by atoms with Gasteiger partial charge in [0.25, 0.3) is 20.2 Å². The summed E-state index contributed by atoms with van der Waals surface area (Å²) in [5, 5.41) is 6.72. The molecular formula is C9H10N2O8S3. The summed E-state index contributed by atoms with van der Waals surface area (Å²) in [6.45, 7) is -0.606. The number of nitrogens with zero attached hydrogens (tertiary/aromatic N) is 2. The third-order valence-electron chi connectivity index (χ3n) is 2.71. The quantitative estimate of drug-likeness (QED) is 0.437. The van der Waals surface area contributed by atoms with Gasteiger partial charge < -0.3 is 0 Å². The van der Waals surface area contributed by atoms with E-state index in [0.29, 0.717) is 6.07 Å². The van der Waals surface area contributed by atoms with E-state index in [2.05, 4.69) is 14.4 Å². The van der Waals surface area contributed by atoms with Gasteiger partial charge in [-0.2, -0.15) is 27.1 Å². The lowest BCUT2D eigenvalue weighted by Gasteiger charge is -2.09. The Morgan fingerprint density at radius 1 is 1.18 bits per heavy atom. The van der Waals surface area contributed by atoms with Gasteiger partial charge in [-0.1, -0.05) is 0 Å².